The number of carbonyl (C=O) groups excluding carboxylic acids is 1. The molecule has 0 aromatic carbocycles. The highest BCUT2D eigenvalue weighted by Crippen LogP contribution is 2.53. The monoisotopic (exact) mass is 507 g/mol. The van der Waals surface area contributed by atoms with E-state index in [0.29, 0.717) is 24.1 Å². The van der Waals surface area contributed by atoms with Crippen LogP contribution in [0.5, 0.6) is 0 Å². The van der Waals surface area contributed by atoms with Crippen molar-refractivity contribution in [2.45, 2.75) is 44.2 Å². The fourth-order valence-electron chi connectivity index (χ4n) is 4.75. The minimum absolute atomic E-state index is 0.0253. The van der Waals surface area contributed by atoms with Gasteiger partial charge in [0.25, 0.3) is 5.91 Å². The van der Waals surface area contributed by atoms with E-state index < -0.39 is 21.1 Å². The molecule has 5 rings (SSSR count). The van der Waals surface area contributed by atoms with E-state index in [1.165, 1.54) is 0 Å². The number of carbonyl (C=O) groups is 1. The fourth-order valence-corrected chi connectivity index (χ4v) is 5.30. The van der Waals surface area contributed by atoms with Gasteiger partial charge in [-0.25, -0.2) is 14.2 Å². The molecule has 3 aromatic heterocycles. The average molecular weight is 508 g/mol. The predicted octanol–water partition coefficient (Wildman–Crippen LogP) is 3.85. The third-order valence-corrected chi connectivity index (χ3v) is 7.14. The molecule has 2 aliphatic heterocycles. The minimum Gasteiger partial charge on any atom is -0.374 e. The lowest BCUT2D eigenvalue weighted by Gasteiger charge is -2.46. The molecule has 2 atom stereocenters. The van der Waals surface area contributed by atoms with Crippen molar-refractivity contribution in [1.82, 2.24) is 19.9 Å². The number of hydrogen-bond donors (Lipinski definition) is 1. The number of aromatic nitrogens is 4. The van der Waals surface area contributed by atoms with Crippen LogP contribution in [0.15, 0.2) is 53.2 Å². The maximum Gasteiger partial charge on any atom is 0.276 e. The van der Waals surface area contributed by atoms with Crippen LogP contribution in [0.25, 0.3) is 0 Å². The molecule has 1 amide bonds. The second-order valence-corrected chi connectivity index (χ2v) is 12.8. The third kappa shape index (κ3) is 4.56. The van der Waals surface area contributed by atoms with Gasteiger partial charge in [0.05, 0.1) is 18.2 Å². The Bertz CT molecular complexity index is 1450. The van der Waals surface area contributed by atoms with Crippen molar-refractivity contribution in [2.24, 2.45) is 4.36 Å². The number of anilines is 3. The number of amides is 1. The van der Waals surface area contributed by atoms with Gasteiger partial charge in [-0.05, 0) is 44.5 Å². The lowest BCUT2D eigenvalue weighted by Crippen LogP contribution is -2.54. The second kappa shape index (κ2) is 8.59. The quantitative estimate of drug-likeness (QED) is 0.565. The lowest BCUT2D eigenvalue weighted by atomic mass is 9.73. The Labute approximate surface area is 210 Å². The molecule has 0 bridgehead atoms. The summed E-state index contributed by atoms with van der Waals surface area (Å²) < 4.78 is 22.8. The van der Waals surface area contributed by atoms with Crippen LogP contribution >= 0.6 is 0 Å². The maximum atomic E-state index is 12.7. The molecule has 5 heterocycles. The molecule has 1 N–H and O–H groups in total. The van der Waals surface area contributed by atoms with Crippen LogP contribution < -0.4 is 10.2 Å². The Morgan fingerprint density at radius 2 is 1.94 bits per heavy atom. The molecule has 36 heavy (non-hydrogen) atoms. The molecule has 11 heteroatoms. The zero-order chi connectivity index (χ0) is 25.7. The molecule has 2 aliphatic rings. The summed E-state index contributed by atoms with van der Waals surface area (Å²) in [6.45, 7) is 6.76. The topological polar surface area (TPSA) is 123 Å². The molecule has 3 aromatic rings. The molecule has 1 saturated heterocycles. The minimum atomic E-state index is -2.38. The fraction of sp³-hybridized carbons (Fsp3) is 0.400. The summed E-state index contributed by atoms with van der Waals surface area (Å²) in [7, 11) is -2.38. The Balaban J connectivity index is 1.60. The zero-order valence-corrected chi connectivity index (χ0v) is 21.7. The predicted molar refractivity (Wildman–Crippen MR) is 138 cm³/mol. The smallest absolute Gasteiger partial charge is 0.276 e. The zero-order valence-electron chi connectivity index (χ0n) is 20.9. The van der Waals surface area contributed by atoms with Crippen LogP contribution in [-0.2, 0) is 19.9 Å². The second-order valence-electron chi connectivity index (χ2n) is 10.3. The first-order chi connectivity index (χ1) is 17.0. The van der Waals surface area contributed by atoms with Crippen molar-refractivity contribution in [3.63, 3.8) is 0 Å². The van der Waals surface area contributed by atoms with Crippen molar-refractivity contribution in [2.75, 3.05) is 29.3 Å². The summed E-state index contributed by atoms with van der Waals surface area (Å²) in [5.41, 5.74) is 0.439. The van der Waals surface area contributed by atoms with Gasteiger partial charge in [0, 0.05) is 45.6 Å². The normalized spacial score (nSPS) is 22.5. The van der Waals surface area contributed by atoms with Crippen LogP contribution in [0, 0.1) is 0 Å². The van der Waals surface area contributed by atoms with Gasteiger partial charge in [-0.15, -0.1) is 0 Å². The summed E-state index contributed by atoms with van der Waals surface area (Å²) in [5.74, 6) is 1.44. The number of nitrogens with one attached hydrogen (secondary N) is 1. The Kier molecular flexibility index (Phi) is 5.79. The Morgan fingerprint density at radius 1 is 1.14 bits per heavy atom. The number of fused-ring (bicyclic) bond motifs is 3. The number of nitrogens with zero attached hydrogens (tertiary/aromatic N) is 6. The van der Waals surface area contributed by atoms with Gasteiger partial charge in [0.1, 0.15) is 17.3 Å². The van der Waals surface area contributed by atoms with E-state index in [0.717, 1.165) is 12.0 Å². The van der Waals surface area contributed by atoms with E-state index in [9.17, 15) is 9.00 Å². The van der Waals surface area contributed by atoms with E-state index in [1.54, 1.807) is 49.2 Å². The van der Waals surface area contributed by atoms with E-state index >= 15 is 0 Å². The molecule has 10 nitrogen and oxygen atoms in total. The molecule has 1 unspecified atom stereocenters. The van der Waals surface area contributed by atoms with E-state index in [1.807, 2.05) is 12.1 Å². The molecule has 188 valence electrons. The van der Waals surface area contributed by atoms with Crippen LogP contribution in [0.2, 0.25) is 0 Å². The summed E-state index contributed by atoms with van der Waals surface area (Å²) in [6.07, 6.45) is 7.19. The largest absolute Gasteiger partial charge is 0.374 e. The SMILES string of the molecule is CC1(C)C[C@H]2N(c3cccc(N=S(C)(C)=O)n3)c3nc(NC(=O)c4ccccn4)ncc3C2(C)CO1. The van der Waals surface area contributed by atoms with Gasteiger partial charge in [-0.3, -0.25) is 15.1 Å². The van der Waals surface area contributed by atoms with Crippen molar-refractivity contribution in [1.29, 1.82) is 0 Å². The first-order valence-corrected chi connectivity index (χ1v) is 14.0. The number of ether oxygens (including phenoxy) is 1. The van der Waals surface area contributed by atoms with Crippen LogP contribution in [0.4, 0.5) is 23.4 Å². The van der Waals surface area contributed by atoms with Gasteiger partial charge in [-0.2, -0.15) is 9.35 Å². The van der Waals surface area contributed by atoms with Gasteiger partial charge in [-0.1, -0.05) is 19.1 Å². The molecular weight excluding hydrogens is 478 g/mol. The van der Waals surface area contributed by atoms with Crippen molar-refractivity contribution >= 4 is 39.0 Å². The van der Waals surface area contributed by atoms with Crippen LogP contribution in [0.3, 0.4) is 0 Å². The standard InChI is InChI=1S/C25H29N7O3S/c1-24(2)13-18-25(3,15-35-24)16-14-27-23(30-22(33)17-9-6-7-12-26-17)29-21(16)32(18)20-11-8-10-19(28-20)31-36(4,5)34/h6-12,14,18H,13,15H2,1-5H3,(H,27,29,30,33)/t18-,25?/m1/s1. The number of rotatable bonds is 4. The molecule has 0 aliphatic carbocycles. The van der Waals surface area contributed by atoms with E-state index in [4.69, 9.17) is 14.7 Å². The Morgan fingerprint density at radius 3 is 2.67 bits per heavy atom. The Hall–Kier alpha value is -3.44. The lowest BCUT2D eigenvalue weighted by molar-refractivity contribution is -0.0893. The van der Waals surface area contributed by atoms with E-state index in [-0.39, 0.29) is 23.3 Å². The summed E-state index contributed by atoms with van der Waals surface area (Å²) in [4.78, 5) is 32.8. The maximum absolute atomic E-state index is 12.7. The molecule has 0 spiro atoms. The van der Waals surface area contributed by atoms with Gasteiger partial charge in [0.15, 0.2) is 5.82 Å². The molecule has 1 fully saturated rings. The van der Waals surface area contributed by atoms with Gasteiger partial charge in [0.2, 0.25) is 5.95 Å². The number of hydrogen-bond acceptors (Lipinski definition) is 9. The van der Waals surface area contributed by atoms with Crippen molar-refractivity contribution in [3.05, 3.63) is 60.0 Å². The molecular formula is C25H29N7O3S. The van der Waals surface area contributed by atoms with Crippen LogP contribution in [0.1, 0.15) is 43.2 Å². The van der Waals surface area contributed by atoms with E-state index in [2.05, 4.69) is 45.3 Å². The first-order valence-electron chi connectivity index (χ1n) is 11.6. The summed E-state index contributed by atoms with van der Waals surface area (Å²) >= 11 is 0. The first kappa shape index (κ1) is 24.3. The van der Waals surface area contributed by atoms with Gasteiger partial charge < -0.3 is 9.64 Å². The van der Waals surface area contributed by atoms with Crippen molar-refractivity contribution < 1.29 is 13.7 Å². The van der Waals surface area contributed by atoms with Gasteiger partial charge >= 0.3 is 0 Å². The molecule has 0 saturated carbocycles. The highest BCUT2D eigenvalue weighted by molar-refractivity contribution is 7.92. The molecule has 0 radical (unpaired) electrons. The summed E-state index contributed by atoms with van der Waals surface area (Å²) in [5, 5.41) is 2.75. The number of pyridine rings is 2. The highest BCUT2D eigenvalue weighted by atomic mass is 32.2. The average Bonchev–Trinajstić information content (AvgIpc) is 3.05. The summed E-state index contributed by atoms with van der Waals surface area (Å²) in [6, 6.07) is 10.6. The third-order valence-electron chi connectivity index (χ3n) is 6.51. The van der Waals surface area contributed by atoms with Crippen LogP contribution in [-0.4, -0.2) is 60.8 Å². The highest BCUT2D eigenvalue weighted by Gasteiger charge is 2.55. The van der Waals surface area contributed by atoms with Crippen molar-refractivity contribution in [3.8, 4) is 0 Å².